The zero-order valence-corrected chi connectivity index (χ0v) is 6.77. The Morgan fingerprint density at radius 2 is 2.36 bits per heavy atom. The van der Waals surface area contributed by atoms with Gasteiger partial charge >= 0.3 is 0 Å². The Morgan fingerprint density at radius 1 is 1.55 bits per heavy atom. The molecule has 1 rings (SSSR count). The molecule has 0 aromatic heterocycles. The summed E-state index contributed by atoms with van der Waals surface area (Å²) in [5.74, 6) is 0. The van der Waals surface area contributed by atoms with E-state index >= 15 is 0 Å². The Kier molecular flexibility index (Phi) is 2.76. The van der Waals surface area contributed by atoms with E-state index in [0.29, 0.717) is 0 Å². The second-order valence-corrected chi connectivity index (χ2v) is 2.83. The number of rotatable bonds is 2. The van der Waals surface area contributed by atoms with Crippen molar-refractivity contribution in [2.45, 2.75) is 4.90 Å². The summed E-state index contributed by atoms with van der Waals surface area (Å²) >= 11 is 1.16. The topological polar surface area (TPSA) is 23.8 Å². The Bertz CT molecular complexity index is 299. The Hall–Kier alpha value is -1.20. The van der Waals surface area contributed by atoms with Gasteiger partial charge in [0.25, 0.3) is 0 Å². The van der Waals surface area contributed by atoms with Crippen LogP contribution < -0.4 is 0 Å². The Morgan fingerprint density at radius 3 is 3.00 bits per heavy atom. The van der Waals surface area contributed by atoms with E-state index in [-0.39, 0.29) is 0 Å². The van der Waals surface area contributed by atoms with Crippen LogP contribution >= 0.6 is 11.8 Å². The highest BCUT2D eigenvalue weighted by molar-refractivity contribution is 8.03. The van der Waals surface area contributed by atoms with E-state index in [1.165, 1.54) is 0 Å². The average molecular weight is 161 g/mol. The zero-order valence-electron chi connectivity index (χ0n) is 5.95. The van der Waals surface area contributed by atoms with Gasteiger partial charge < -0.3 is 0 Å². The van der Waals surface area contributed by atoms with Crippen molar-refractivity contribution < 1.29 is 0 Å². The summed E-state index contributed by atoms with van der Waals surface area (Å²) < 4.78 is 0. The maximum atomic E-state index is 8.37. The highest BCUT2D eigenvalue weighted by Crippen LogP contribution is 2.17. The highest BCUT2D eigenvalue weighted by atomic mass is 32.2. The molecule has 1 aromatic rings. The first-order chi connectivity index (χ1) is 5.36. The lowest BCUT2D eigenvalue weighted by Crippen LogP contribution is -1.71. The molecule has 0 unspecified atom stereocenters. The predicted molar refractivity (Wildman–Crippen MR) is 48.0 cm³/mol. The standard InChI is InChI=1S/C9H7NS/c1-2-8-4-3-5-9(6-8)11-7-10/h2-6H,1H2. The molecule has 0 spiro atoms. The van der Waals surface area contributed by atoms with Gasteiger partial charge in [0.15, 0.2) is 0 Å². The molecule has 0 radical (unpaired) electrons. The molecule has 0 fully saturated rings. The lowest BCUT2D eigenvalue weighted by atomic mass is 10.2. The van der Waals surface area contributed by atoms with Crippen LogP contribution in [0.3, 0.4) is 0 Å². The molecule has 54 valence electrons. The van der Waals surface area contributed by atoms with E-state index < -0.39 is 0 Å². The number of hydrogen-bond donors (Lipinski definition) is 0. The van der Waals surface area contributed by atoms with E-state index in [9.17, 15) is 0 Å². The van der Waals surface area contributed by atoms with Crippen LogP contribution in [0.4, 0.5) is 0 Å². The van der Waals surface area contributed by atoms with Crippen LogP contribution in [0.25, 0.3) is 6.08 Å². The van der Waals surface area contributed by atoms with Crippen LogP contribution in [0.5, 0.6) is 0 Å². The van der Waals surface area contributed by atoms with Gasteiger partial charge in [-0.05, 0) is 29.5 Å². The molecule has 0 saturated carbocycles. The van der Waals surface area contributed by atoms with Crippen molar-refractivity contribution in [3.8, 4) is 5.40 Å². The molecule has 0 amide bonds. The van der Waals surface area contributed by atoms with Gasteiger partial charge in [-0.3, -0.25) is 0 Å². The fourth-order valence-corrected chi connectivity index (χ4v) is 1.20. The van der Waals surface area contributed by atoms with E-state index in [4.69, 9.17) is 5.26 Å². The molecule has 0 N–H and O–H groups in total. The summed E-state index contributed by atoms with van der Waals surface area (Å²) in [7, 11) is 0. The second kappa shape index (κ2) is 3.85. The van der Waals surface area contributed by atoms with Gasteiger partial charge in [-0.25, -0.2) is 0 Å². The van der Waals surface area contributed by atoms with Gasteiger partial charge in [0.1, 0.15) is 5.40 Å². The SMILES string of the molecule is C=Cc1cccc(SC#N)c1. The minimum Gasteiger partial charge on any atom is -0.185 e. The number of thiocyanates is 1. The number of thioether (sulfide) groups is 1. The van der Waals surface area contributed by atoms with Crippen molar-refractivity contribution in [1.82, 2.24) is 0 Å². The van der Waals surface area contributed by atoms with Crippen LogP contribution in [-0.4, -0.2) is 0 Å². The predicted octanol–water partition coefficient (Wildman–Crippen LogP) is 2.90. The van der Waals surface area contributed by atoms with Crippen LogP contribution in [-0.2, 0) is 0 Å². The van der Waals surface area contributed by atoms with Crippen molar-refractivity contribution >= 4 is 17.8 Å². The molecular formula is C9H7NS. The highest BCUT2D eigenvalue weighted by Gasteiger charge is 1.91. The molecule has 0 aliphatic rings. The van der Waals surface area contributed by atoms with Crippen molar-refractivity contribution in [1.29, 1.82) is 5.26 Å². The van der Waals surface area contributed by atoms with E-state index in [1.807, 2.05) is 29.7 Å². The monoisotopic (exact) mass is 161 g/mol. The number of hydrogen-bond acceptors (Lipinski definition) is 2. The van der Waals surface area contributed by atoms with Gasteiger partial charge in [0.05, 0.1) is 0 Å². The summed E-state index contributed by atoms with van der Waals surface area (Å²) in [6.07, 6.45) is 1.77. The Labute approximate surface area is 70.4 Å². The quantitative estimate of drug-likeness (QED) is 0.492. The molecule has 11 heavy (non-hydrogen) atoms. The van der Waals surface area contributed by atoms with E-state index in [0.717, 1.165) is 22.2 Å². The van der Waals surface area contributed by atoms with E-state index in [1.54, 1.807) is 6.08 Å². The molecule has 0 aliphatic carbocycles. The minimum atomic E-state index is 0.963. The number of nitriles is 1. The van der Waals surface area contributed by atoms with Crippen LogP contribution in [0, 0.1) is 10.7 Å². The van der Waals surface area contributed by atoms with Gasteiger partial charge in [0, 0.05) is 4.90 Å². The molecular weight excluding hydrogens is 154 g/mol. The van der Waals surface area contributed by atoms with Crippen LogP contribution in [0.15, 0.2) is 35.7 Å². The van der Waals surface area contributed by atoms with Crippen molar-refractivity contribution in [3.05, 3.63) is 36.4 Å². The third kappa shape index (κ3) is 2.14. The van der Waals surface area contributed by atoms with Gasteiger partial charge in [-0.15, -0.1) is 0 Å². The van der Waals surface area contributed by atoms with Crippen molar-refractivity contribution in [2.75, 3.05) is 0 Å². The summed E-state index contributed by atoms with van der Waals surface area (Å²) in [5.41, 5.74) is 1.05. The lowest BCUT2D eigenvalue weighted by Gasteiger charge is -1.94. The third-order valence-corrected chi connectivity index (χ3v) is 1.84. The number of benzene rings is 1. The molecule has 0 heterocycles. The molecule has 1 aromatic carbocycles. The summed E-state index contributed by atoms with van der Waals surface area (Å²) in [5, 5.41) is 10.4. The maximum Gasteiger partial charge on any atom is 0.138 e. The Balaban J connectivity index is 2.93. The molecule has 2 heteroatoms. The summed E-state index contributed by atoms with van der Waals surface area (Å²) in [6, 6.07) is 7.70. The lowest BCUT2D eigenvalue weighted by molar-refractivity contribution is 1.45. The summed E-state index contributed by atoms with van der Waals surface area (Å²) in [6.45, 7) is 3.64. The van der Waals surface area contributed by atoms with Gasteiger partial charge in [-0.2, -0.15) is 5.26 Å². The fourth-order valence-electron chi connectivity index (χ4n) is 0.758. The zero-order chi connectivity index (χ0) is 8.10. The smallest absolute Gasteiger partial charge is 0.138 e. The third-order valence-electron chi connectivity index (χ3n) is 1.26. The average Bonchev–Trinajstić information content (AvgIpc) is 2.06. The van der Waals surface area contributed by atoms with E-state index in [2.05, 4.69) is 6.58 Å². The first kappa shape index (κ1) is 7.90. The largest absolute Gasteiger partial charge is 0.185 e. The van der Waals surface area contributed by atoms with Crippen LogP contribution in [0.2, 0.25) is 0 Å². The first-order valence-corrected chi connectivity index (χ1v) is 3.97. The molecule has 0 aliphatic heterocycles. The normalized spacial score (nSPS) is 8.64. The van der Waals surface area contributed by atoms with Gasteiger partial charge in [0.2, 0.25) is 0 Å². The van der Waals surface area contributed by atoms with Crippen molar-refractivity contribution in [2.24, 2.45) is 0 Å². The van der Waals surface area contributed by atoms with Crippen molar-refractivity contribution in [3.63, 3.8) is 0 Å². The minimum absolute atomic E-state index is 0.963. The summed E-state index contributed by atoms with van der Waals surface area (Å²) in [4.78, 5) is 0.963. The molecule has 0 saturated heterocycles. The van der Waals surface area contributed by atoms with Crippen LogP contribution in [0.1, 0.15) is 5.56 Å². The maximum absolute atomic E-state index is 8.37. The second-order valence-electron chi connectivity index (χ2n) is 1.97. The van der Waals surface area contributed by atoms with Gasteiger partial charge in [-0.1, -0.05) is 24.8 Å². The molecule has 1 nitrogen and oxygen atoms in total. The molecule has 0 atom stereocenters. The molecule has 0 bridgehead atoms. The fraction of sp³-hybridized carbons (Fsp3) is 0. The number of nitrogens with zero attached hydrogens (tertiary/aromatic N) is 1. The first-order valence-electron chi connectivity index (χ1n) is 3.15.